The Kier molecular flexibility index (Phi) is 5.11. The molecule has 0 atom stereocenters. The Bertz CT molecular complexity index is 544. The van der Waals surface area contributed by atoms with E-state index in [4.69, 9.17) is 11.6 Å². The number of halogens is 1. The zero-order chi connectivity index (χ0) is 15.4. The van der Waals surface area contributed by atoms with Crippen LogP contribution < -0.4 is 5.32 Å². The Morgan fingerprint density at radius 1 is 1.38 bits per heavy atom. The number of hydrogen-bond donors (Lipinski definition) is 1. The van der Waals surface area contributed by atoms with E-state index in [2.05, 4.69) is 15.1 Å². The number of hydrogen-bond acceptors (Lipinski definition) is 5. The van der Waals surface area contributed by atoms with E-state index in [0.29, 0.717) is 5.69 Å². The molecule has 0 saturated carbocycles. The van der Waals surface area contributed by atoms with Crippen LogP contribution in [0, 0.1) is 10.1 Å². The summed E-state index contributed by atoms with van der Waals surface area (Å²) in [5.74, 6) is -0.184. The van der Waals surface area contributed by atoms with E-state index in [1.54, 1.807) is 6.07 Å². The summed E-state index contributed by atoms with van der Waals surface area (Å²) in [6.07, 6.45) is 0. The Hall–Kier alpha value is -1.70. The van der Waals surface area contributed by atoms with Crippen LogP contribution in [0.2, 0.25) is 5.02 Å². The highest BCUT2D eigenvalue weighted by molar-refractivity contribution is 6.32. The first-order valence-electron chi connectivity index (χ1n) is 6.60. The monoisotopic (exact) mass is 312 g/mol. The van der Waals surface area contributed by atoms with Crippen molar-refractivity contribution in [2.24, 2.45) is 0 Å². The minimum atomic E-state index is -0.571. The highest BCUT2D eigenvalue weighted by atomic mass is 35.5. The van der Waals surface area contributed by atoms with Gasteiger partial charge in [-0.1, -0.05) is 11.6 Å². The van der Waals surface area contributed by atoms with E-state index in [0.717, 1.165) is 26.2 Å². The maximum Gasteiger partial charge on any atom is 0.289 e. The number of benzene rings is 1. The third-order valence-corrected chi connectivity index (χ3v) is 3.71. The summed E-state index contributed by atoms with van der Waals surface area (Å²) < 4.78 is 0. The molecule has 0 aliphatic carbocycles. The Balaban J connectivity index is 1.93. The summed E-state index contributed by atoms with van der Waals surface area (Å²) >= 11 is 5.73. The first kappa shape index (κ1) is 15.7. The summed E-state index contributed by atoms with van der Waals surface area (Å²) in [4.78, 5) is 26.5. The third-order valence-electron chi connectivity index (χ3n) is 3.39. The Morgan fingerprint density at radius 3 is 2.67 bits per heavy atom. The van der Waals surface area contributed by atoms with Gasteiger partial charge in [-0.25, -0.2) is 0 Å². The molecule has 1 fully saturated rings. The summed E-state index contributed by atoms with van der Waals surface area (Å²) in [7, 11) is 2.05. The molecule has 1 aliphatic rings. The molecular formula is C13H17ClN4O3. The molecule has 1 amide bonds. The molecule has 8 heteroatoms. The average molecular weight is 313 g/mol. The van der Waals surface area contributed by atoms with Crippen LogP contribution in [0.5, 0.6) is 0 Å². The molecule has 0 radical (unpaired) electrons. The lowest BCUT2D eigenvalue weighted by molar-refractivity contribution is -0.384. The average Bonchev–Trinajstić information content (AvgIpc) is 2.43. The first-order chi connectivity index (χ1) is 9.95. The summed E-state index contributed by atoms with van der Waals surface area (Å²) in [5.41, 5.74) is 0.166. The van der Waals surface area contributed by atoms with Crippen molar-refractivity contribution in [1.82, 2.24) is 9.80 Å². The largest absolute Gasteiger partial charge is 0.325 e. The van der Waals surface area contributed by atoms with E-state index in [-0.39, 0.29) is 23.2 Å². The molecule has 0 bridgehead atoms. The van der Waals surface area contributed by atoms with E-state index in [9.17, 15) is 14.9 Å². The molecule has 2 rings (SSSR count). The van der Waals surface area contributed by atoms with Gasteiger partial charge in [0.05, 0.1) is 11.5 Å². The van der Waals surface area contributed by atoms with Crippen LogP contribution in [0.4, 0.5) is 11.4 Å². The molecule has 1 saturated heterocycles. The molecule has 1 aromatic rings. The van der Waals surface area contributed by atoms with Crippen LogP contribution in [0.3, 0.4) is 0 Å². The van der Waals surface area contributed by atoms with Crippen LogP contribution in [0.15, 0.2) is 18.2 Å². The molecule has 1 aliphatic heterocycles. The molecule has 0 unspecified atom stereocenters. The van der Waals surface area contributed by atoms with Crippen molar-refractivity contribution in [3.63, 3.8) is 0 Å². The quantitative estimate of drug-likeness (QED) is 0.672. The normalized spacial score (nSPS) is 16.7. The highest BCUT2D eigenvalue weighted by Crippen LogP contribution is 2.27. The van der Waals surface area contributed by atoms with Crippen LogP contribution in [-0.4, -0.2) is 60.4 Å². The van der Waals surface area contributed by atoms with Crippen LogP contribution in [-0.2, 0) is 4.79 Å². The van der Waals surface area contributed by atoms with Gasteiger partial charge < -0.3 is 10.2 Å². The van der Waals surface area contributed by atoms with Gasteiger partial charge in [0.2, 0.25) is 5.91 Å². The number of nitro groups is 1. The van der Waals surface area contributed by atoms with Gasteiger partial charge >= 0.3 is 0 Å². The molecule has 0 aromatic heterocycles. The molecular weight excluding hydrogens is 296 g/mol. The second kappa shape index (κ2) is 6.84. The number of carbonyl (C=O) groups is 1. The van der Waals surface area contributed by atoms with Gasteiger partial charge in [0, 0.05) is 37.9 Å². The standard InChI is InChI=1S/C13H17ClN4O3/c1-16-4-6-17(7-5-16)9-13(19)15-10-2-3-11(14)12(8-10)18(20)21/h2-3,8H,4-7,9H2,1H3,(H,15,19). The van der Waals surface area contributed by atoms with Crippen molar-refractivity contribution < 1.29 is 9.72 Å². The molecule has 7 nitrogen and oxygen atoms in total. The fourth-order valence-corrected chi connectivity index (χ4v) is 2.33. The van der Waals surface area contributed by atoms with Crippen molar-refractivity contribution in [2.45, 2.75) is 0 Å². The molecule has 1 heterocycles. The maximum atomic E-state index is 12.0. The highest BCUT2D eigenvalue weighted by Gasteiger charge is 2.18. The lowest BCUT2D eigenvalue weighted by Gasteiger charge is -2.31. The predicted molar refractivity (Wildman–Crippen MR) is 80.7 cm³/mol. The summed E-state index contributed by atoms with van der Waals surface area (Å²) in [6.45, 7) is 3.82. The van der Waals surface area contributed by atoms with Gasteiger partial charge in [0.25, 0.3) is 5.69 Å². The zero-order valence-electron chi connectivity index (χ0n) is 11.7. The van der Waals surface area contributed by atoms with E-state index in [1.165, 1.54) is 12.1 Å². The van der Waals surface area contributed by atoms with Crippen LogP contribution in [0.1, 0.15) is 0 Å². The van der Waals surface area contributed by atoms with E-state index >= 15 is 0 Å². The number of nitrogens with one attached hydrogen (secondary N) is 1. The smallest absolute Gasteiger partial charge is 0.289 e. The Morgan fingerprint density at radius 2 is 2.05 bits per heavy atom. The lowest BCUT2D eigenvalue weighted by atomic mass is 10.2. The van der Waals surface area contributed by atoms with Crippen molar-refractivity contribution >= 4 is 28.9 Å². The number of amides is 1. The third kappa shape index (κ3) is 4.38. The topological polar surface area (TPSA) is 78.7 Å². The fraction of sp³-hybridized carbons (Fsp3) is 0.462. The van der Waals surface area contributed by atoms with Gasteiger partial charge in [0.1, 0.15) is 5.02 Å². The summed E-state index contributed by atoms with van der Waals surface area (Å²) in [6, 6.07) is 4.23. The Labute approximate surface area is 127 Å². The van der Waals surface area contributed by atoms with Gasteiger partial charge in [-0.2, -0.15) is 0 Å². The lowest BCUT2D eigenvalue weighted by Crippen LogP contribution is -2.47. The second-order valence-electron chi connectivity index (χ2n) is 5.05. The number of rotatable bonds is 4. The number of nitro benzene ring substituents is 1. The van der Waals surface area contributed by atoms with Crippen LogP contribution in [0.25, 0.3) is 0 Å². The molecule has 1 aromatic carbocycles. The van der Waals surface area contributed by atoms with E-state index < -0.39 is 4.92 Å². The van der Waals surface area contributed by atoms with Crippen molar-refractivity contribution in [2.75, 3.05) is 45.1 Å². The molecule has 1 N–H and O–H groups in total. The maximum absolute atomic E-state index is 12.0. The summed E-state index contributed by atoms with van der Waals surface area (Å²) in [5, 5.41) is 13.5. The molecule has 114 valence electrons. The second-order valence-corrected chi connectivity index (χ2v) is 5.46. The van der Waals surface area contributed by atoms with Gasteiger partial charge in [-0.3, -0.25) is 19.8 Å². The number of likely N-dealkylation sites (N-methyl/N-ethyl adjacent to an activating group) is 1. The van der Waals surface area contributed by atoms with Gasteiger partial charge in [-0.15, -0.1) is 0 Å². The number of nitrogens with zero attached hydrogens (tertiary/aromatic N) is 3. The van der Waals surface area contributed by atoms with E-state index in [1.807, 2.05) is 7.05 Å². The minimum Gasteiger partial charge on any atom is -0.325 e. The van der Waals surface area contributed by atoms with Gasteiger partial charge in [-0.05, 0) is 19.2 Å². The van der Waals surface area contributed by atoms with Crippen LogP contribution >= 0.6 is 11.6 Å². The van der Waals surface area contributed by atoms with Gasteiger partial charge in [0.15, 0.2) is 0 Å². The molecule has 21 heavy (non-hydrogen) atoms. The SMILES string of the molecule is CN1CCN(CC(=O)Nc2ccc(Cl)c([N+](=O)[O-])c2)CC1. The minimum absolute atomic E-state index is 0.0528. The number of carbonyl (C=O) groups excluding carboxylic acids is 1. The van der Waals surface area contributed by atoms with Crippen molar-refractivity contribution in [3.05, 3.63) is 33.3 Å². The number of anilines is 1. The first-order valence-corrected chi connectivity index (χ1v) is 6.98. The zero-order valence-corrected chi connectivity index (χ0v) is 12.5. The molecule has 0 spiro atoms. The van der Waals surface area contributed by atoms with Crippen molar-refractivity contribution in [3.8, 4) is 0 Å². The predicted octanol–water partition coefficient (Wildman–Crippen LogP) is 1.43. The fourth-order valence-electron chi connectivity index (χ4n) is 2.14. The van der Waals surface area contributed by atoms with Crippen molar-refractivity contribution in [1.29, 1.82) is 0 Å². The number of piperazine rings is 1.